The third-order valence-corrected chi connectivity index (χ3v) is 17.2. The number of ether oxygens (including phenoxy) is 1. The Morgan fingerprint density at radius 1 is 0.812 bits per heavy atom. The molecule has 0 N–H and O–H groups in total. The van der Waals surface area contributed by atoms with Crippen molar-refractivity contribution in [1.82, 2.24) is 0 Å². The molecule has 1 fully saturated rings. The van der Waals surface area contributed by atoms with Gasteiger partial charge in [0.25, 0.3) is 0 Å². The van der Waals surface area contributed by atoms with Crippen LogP contribution < -0.4 is 15.9 Å². The van der Waals surface area contributed by atoms with Crippen LogP contribution >= 0.6 is 29.9 Å². The van der Waals surface area contributed by atoms with Crippen molar-refractivity contribution in [2.75, 3.05) is 13.2 Å². The number of thiophene rings is 2. The first-order valence-corrected chi connectivity index (χ1v) is 21.2. The predicted molar refractivity (Wildman–Crippen MR) is 208 cm³/mol. The van der Waals surface area contributed by atoms with Crippen molar-refractivity contribution in [1.29, 1.82) is 0 Å². The van der Waals surface area contributed by atoms with E-state index in [-0.39, 0.29) is 5.41 Å². The summed E-state index contributed by atoms with van der Waals surface area (Å²) in [6.45, 7) is 10.4. The summed E-state index contributed by atoms with van der Waals surface area (Å²) in [7, 11) is -2.41. The molecular weight excluding hydrogens is 818 g/mol. The van der Waals surface area contributed by atoms with Gasteiger partial charge in [0.1, 0.15) is 0 Å². The summed E-state index contributed by atoms with van der Waals surface area (Å²) in [6, 6.07) is 38.5. The first kappa shape index (κ1) is 33.3. The molecule has 3 aromatic carbocycles. The molecule has 2 aromatic heterocycles. The average molecular weight is 857 g/mol. The number of hydrogen-bond donors (Lipinski definition) is 0. The molecule has 2 aliphatic rings. The van der Waals surface area contributed by atoms with Gasteiger partial charge in [-0.1, -0.05) is 0 Å². The zero-order valence-electron chi connectivity index (χ0n) is 27.8. The summed E-state index contributed by atoms with van der Waals surface area (Å²) in [5.74, 6) is 0. The van der Waals surface area contributed by atoms with Gasteiger partial charge in [0.15, 0.2) is 0 Å². The molecule has 7 rings (SSSR count). The Bertz CT molecular complexity index is 2030. The van der Waals surface area contributed by atoms with Crippen LogP contribution in [0.25, 0.3) is 21.4 Å². The van der Waals surface area contributed by atoms with Crippen LogP contribution in [-0.2, 0) is 28.1 Å². The summed E-state index contributed by atoms with van der Waals surface area (Å²) in [6.07, 6.45) is 10.2. The van der Waals surface area contributed by atoms with Gasteiger partial charge in [-0.25, -0.2) is 0 Å². The number of benzene rings is 3. The van der Waals surface area contributed by atoms with Crippen LogP contribution in [-0.4, -0.2) is 13.2 Å². The SMILES string of the molecule is C/C=C/c1cc2c(s1)-c1sc(C(C=C3COCC3=CCC)=C([C]#[Os])[P+](c3ccccc3)(c3ccccc3)c3ccccc3)cc1C2(C)C. The molecule has 5 heteroatoms. The van der Waals surface area contributed by atoms with E-state index in [1.807, 2.05) is 40.6 Å². The van der Waals surface area contributed by atoms with Gasteiger partial charge in [0.05, 0.1) is 0 Å². The van der Waals surface area contributed by atoms with Gasteiger partial charge in [-0.2, -0.15) is 0 Å². The van der Waals surface area contributed by atoms with E-state index in [1.165, 1.54) is 68.6 Å². The fourth-order valence-corrected chi connectivity index (χ4v) is 15.8. The van der Waals surface area contributed by atoms with Gasteiger partial charge < -0.3 is 0 Å². The first-order valence-electron chi connectivity index (χ1n) is 16.5. The van der Waals surface area contributed by atoms with Gasteiger partial charge in [0.2, 0.25) is 0 Å². The number of allylic oxidation sites excluding steroid dienone is 5. The normalized spacial score (nSPS) is 17.5. The molecule has 1 nitrogen and oxygen atoms in total. The van der Waals surface area contributed by atoms with Crippen LogP contribution in [0.3, 0.4) is 0 Å². The summed E-state index contributed by atoms with van der Waals surface area (Å²) < 4.78 is 10.0. The topological polar surface area (TPSA) is 9.23 Å². The molecule has 241 valence electrons. The van der Waals surface area contributed by atoms with Crippen molar-refractivity contribution in [3.8, 4) is 14.1 Å². The second-order valence-electron chi connectivity index (χ2n) is 12.7. The van der Waals surface area contributed by atoms with E-state index in [0.717, 1.165) is 6.42 Å². The minimum absolute atomic E-state index is 0.0657. The van der Waals surface area contributed by atoms with E-state index in [0.29, 0.717) is 13.2 Å². The summed E-state index contributed by atoms with van der Waals surface area (Å²) >= 11 is 5.73. The summed E-state index contributed by atoms with van der Waals surface area (Å²) in [5, 5.41) is 5.28. The summed E-state index contributed by atoms with van der Waals surface area (Å²) in [4.78, 5) is 5.46. The third-order valence-electron chi connectivity index (χ3n) is 9.43. The molecule has 0 amide bonds. The Balaban J connectivity index is 1.60. The predicted octanol–water partition coefficient (Wildman–Crippen LogP) is 10.7. The third kappa shape index (κ3) is 5.68. The van der Waals surface area contributed by atoms with Gasteiger partial charge in [-0.05, 0) is 0 Å². The quantitative estimate of drug-likeness (QED) is 0.141. The zero-order valence-corrected chi connectivity index (χ0v) is 32.8. The molecule has 1 aliphatic carbocycles. The van der Waals surface area contributed by atoms with Gasteiger partial charge in [0, 0.05) is 0 Å². The van der Waals surface area contributed by atoms with Crippen molar-refractivity contribution in [3.63, 3.8) is 0 Å². The molecule has 0 spiro atoms. The van der Waals surface area contributed by atoms with Crippen molar-refractivity contribution in [2.45, 2.75) is 39.5 Å². The molecular formula is C43H39OOsPS2+. The number of fused-ring (bicyclic) bond motifs is 3. The Hall–Kier alpha value is -3.17. The fraction of sp³-hybridized carbons (Fsp3) is 0.186. The molecule has 1 aliphatic heterocycles. The molecule has 3 heterocycles. The van der Waals surface area contributed by atoms with Crippen LogP contribution in [0, 0.1) is 4.37 Å². The van der Waals surface area contributed by atoms with Crippen LogP contribution in [0.4, 0.5) is 0 Å². The number of hydrogen-bond acceptors (Lipinski definition) is 3. The first-order chi connectivity index (χ1) is 23.4. The van der Waals surface area contributed by atoms with Crippen LogP contribution in [0.1, 0.15) is 55.0 Å². The molecule has 0 atom stereocenters. The second-order valence-corrected chi connectivity index (χ2v) is 18.8. The Morgan fingerprint density at radius 3 is 1.90 bits per heavy atom. The van der Waals surface area contributed by atoms with E-state index in [2.05, 4.69) is 159 Å². The molecule has 1 saturated heterocycles. The maximum absolute atomic E-state index is 6.11. The van der Waals surface area contributed by atoms with Gasteiger partial charge in [-0.3, -0.25) is 0 Å². The molecule has 0 radical (unpaired) electrons. The molecule has 5 aromatic rings. The monoisotopic (exact) mass is 858 g/mol. The molecule has 0 bridgehead atoms. The van der Waals surface area contributed by atoms with E-state index >= 15 is 0 Å². The van der Waals surface area contributed by atoms with Gasteiger partial charge >= 0.3 is 306 Å². The Labute approximate surface area is 303 Å². The number of rotatable bonds is 8. The van der Waals surface area contributed by atoms with Crippen molar-refractivity contribution in [2.24, 2.45) is 0 Å². The van der Waals surface area contributed by atoms with Crippen molar-refractivity contribution >= 4 is 57.5 Å². The standard InChI is InChI=1S/C43H39OPS2.Os/c1-6-17-31-28-44-29-32(31)25-37(40-27-39-42(47-40)41-38(43(39,4)5)26-36(46-41)18-7-2)30(3)45(33-19-11-8-12-20-33,34-21-13-9-14-22-34)35-23-15-10-16-24-35;/h7-27H,6,28-29H2,1-2,4-5H3;/q+1;/b18-7+,31-17?,32-25?,37-30?;. The van der Waals surface area contributed by atoms with Crippen LogP contribution in [0.5, 0.6) is 0 Å². The van der Waals surface area contributed by atoms with Crippen LogP contribution in [0.2, 0.25) is 0 Å². The fourth-order valence-electron chi connectivity index (χ4n) is 7.13. The molecule has 48 heavy (non-hydrogen) atoms. The Morgan fingerprint density at radius 2 is 1.35 bits per heavy atom. The second kappa shape index (κ2) is 14.0. The van der Waals surface area contributed by atoms with E-state index in [9.17, 15) is 0 Å². The average Bonchev–Trinajstić information content (AvgIpc) is 3.89. The van der Waals surface area contributed by atoms with Crippen molar-refractivity contribution < 1.29 is 22.7 Å². The molecule has 0 unspecified atom stereocenters. The van der Waals surface area contributed by atoms with Gasteiger partial charge in [-0.15, -0.1) is 0 Å². The zero-order chi connectivity index (χ0) is 33.3. The maximum atomic E-state index is 6.11. The minimum atomic E-state index is -2.41. The molecule has 0 saturated carbocycles. The van der Waals surface area contributed by atoms with E-state index < -0.39 is 7.26 Å². The van der Waals surface area contributed by atoms with E-state index in [4.69, 9.17) is 4.74 Å². The van der Waals surface area contributed by atoms with Crippen LogP contribution in [0.15, 0.2) is 138 Å². The van der Waals surface area contributed by atoms with E-state index in [1.54, 1.807) is 0 Å². The Kier molecular flexibility index (Phi) is 9.71. The van der Waals surface area contributed by atoms with Crippen molar-refractivity contribution in [3.05, 3.63) is 159 Å². The summed E-state index contributed by atoms with van der Waals surface area (Å²) in [5.41, 5.74) is 6.65.